The van der Waals surface area contributed by atoms with Gasteiger partial charge in [-0.15, -0.1) is 12.4 Å². The average molecular weight is 311 g/mol. The van der Waals surface area contributed by atoms with E-state index in [1.807, 2.05) is 44.2 Å². The van der Waals surface area contributed by atoms with Crippen LogP contribution in [0.15, 0.2) is 30.3 Å². The number of nitrogens with two attached hydrogens (primary N) is 1. The molecule has 112 valence electrons. The Labute approximate surface area is 121 Å². The molecule has 7 heteroatoms. The summed E-state index contributed by atoms with van der Waals surface area (Å²) in [6.07, 6.45) is 0. The summed E-state index contributed by atoms with van der Waals surface area (Å²) in [5.74, 6) is -0.250. The van der Waals surface area contributed by atoms with Gasteiger partial charge in [-0.2, -0.15) is 8.42 Å². The lowest BCUT2D eigenvalue weighted by Crippen LogP contribution is -2.22. The first-order valence-electron chi connectivity index (χ1n) is 5.76. The Balaban J connectivity index is 0. The number of nitrogens with one attached hydrogen (secondary N) is 1. The second-order valence-corrected chi connectivity index (χ2v) is 5.76. The van der Waals surface area contributed by atoms with Crippen LogP contribution in [0.1, 0.15) is 19.4 Å². The van der Waals surface area contributed by atoms with Crippen LogP contribution in [0.25, 0.3) is 0 Å². The third-order valence-electron chi connectivity index (χ3n) is 1.71. The molecule has 0 aliphatic rings. The highest BCUT2D eigenvalue weighted by molar-refractivity contribution is 7.85. The third-order valence-corrected chi connectivity index (χ3v) is 2.43. The molecule has 5 nitrogen and oxygen atoms in total. The summed E-state index contributed by atoms with van der Waals surface area (Å²) in [6.45, 7) is 4.75. The minimum Gasteiger partial charge on any atom is -0.328 e. The van der Waals surface area contributed by atoms with Gasteiger partial charge in [0.25, 0.3) is 10.1 Å². The van der Waals surface area contributed by atoms with Crippen LogP contribution in [-0.4, -0.2) is 31.3 Å². The van der Waals surface area contributed by atoms with Crippen molar-refractivity contribution >= 4 is 22.5 Å². The normalized spacial score (nSPS) is 10.4. The van der Waals surface area contributed by atoms with Gasteiger partial charge in [0.05, 0.1) is 5.75 Å². The van der Waals surface area contributed by atoms with E-state index in [9.17, 15) is 8.42 Å². The predicted octanol–water partition coefficient (Wildman–Crippen LogP) is 1.44. The van der Waals surface area contributed by atoms with E-state index >= 15 is 0 Å². The molecule has 0 bridgehead atoms. The van der Waals surface area contributed by atoms with Crippen LogP contribution in [0.3, 0.4) is 0 Å². The van der Waals surface area contributed by atoms with Crippen molar-refractivity contribution in [3.8, 4) is 0 Å². The van der Waals surface area contributed by atoms with Crippen LogP contribution in [0.4, 0.5) is 0 Å². The van der Waals surface area contributed by atoms with Gasteiger partial charge in [-0.25, -0.2) is 0 Å². The lowest BCUT2D eigenvalue weighted by Gasteiger charge is -2.02. The molecular formula is C12H23ClN2O3S. The van der Waals surface area contributed by atoms with Gasteiger partial charge >= 0.3 is 0 Å². The quantitative estimate of drug-likeness (QED) is 0.565. The van der Waals surface area contributed by atoms with Crippen molar-refractivity contribution in [3.05, 3.63) is 35.9 Å². The Morgan fingerprint density at radius 2 is 1.74 bits per heavy atom. The lowest BCUT2D eigenvalue weighted by molar-refractivity contribution is 0.480. The molecule has 0 radical (unpaired) electrons. The summed E-state index contributed by atoms with van der Waals surface area (Å²) >= 11 is 0. The van der Waals surface area contributed by atoms with Gasteiger partial charge in [-0.1, -0.05) is 44.2 Å². The predicted molar refractivity (Wildman–Crippen MR) is 81.1 cm³/mol. The van der Waals surface area contributed by atoms with Gasteiger partial charge in [0, 0.05) is 13.1 Å². The minimum absolute atomic E-state index is 0. The number of hydrogen-bond donors (Lipinski definition) is 3. The van der Waals surface area contributed by atoms with Crippen LogP contribution in [0.5, 0.6) is 0 Å². The van der Waals surface area contributed by atoms with Gasteiger partial charge in [0.15, 0.2) is 0 Å². The van der Waals surface area contributed by atoms with Crippen LogP contribution in [0, 0.1) is 0 Å². The first kappa shape index (κ1) is 20.7. The number of benzene rings is 1. The number of halogens is 1. The molecule has 0 saturated heterocycles. The van der Waals surface area contributed by atoms with Crippen molar-refractivity contribution in [2.24, 2.45) is 5.73 Å². The molecule has 0 spiro atoms. The topological polar surface area (TPSA) is 92.4 Å². The highest BCUT2D eigenvalue weighted by atomic mass is 35.5. The van der Waals surface area contributed by atoms with Crippen molar-refractivity contribution in [2.45, 2.75) is 26.4 Å². The molecule has 1 aromatic rings. The summed E-state index contributed by atoms with van der Waals surface area (Å²) in [7, 11) is -3.84. The maximum Gasteiger partial charge on any atom is 0.266 e. The van der Waals surface area contributed by atoms with Gasteiger partial charge in [0.1, 0.15) is 0 Å². The highest BCUT2D eigenvalue weighted by Crippen LogP contribution is 1.96. The van der Waals surface area contributed by atoms with E-state index in [0.717, 1.165) is 5.56 Å². The Morgan fingerprint density at radius 3 is 2.16 bits per heavy atom. The smallest absolute Gasteiger partial charge is 0.266 e. The molecule has 0 saturated carbocycles. The molecule has 1 aromatic carbocycles. The molecule has 0 heterocycles. The summed E-state index contributed by atoms with van der Waals surface area (Å²) in [6, 6.07) is 9.97. The second kappa shape index (κ2) is 11.2. The van der Waals surface area contributed by atoms with E-state index in [4.69, 9.17) is 10.3 Å². The summed E-state index contributed by atoms with van der Waals surface area (Å²) in [4.78, 5) is 0. The molecule has 4 N–H and O–H groups in total. The fourth-order valence-electron chi connectivity index (χ4n) is 1.03. The van der Waals surface area contributed by atoms with Gasteiger partial charge in [-0.3, -0.25) is 4.55 Å². The van der Waals surface area contributed by atoms with Gasteiger partial charge < -0.3 is 11.1 Å². The second-order valence-electron chi connectivity index (χ2n) is 4.19. The zero-order chi connectivity index (χ0) is 14.0. The summed E-state index contributed by atoms with van der Waals surface area (Å²) < 4.78 is 29.2. The van der Waals surface area contributed by atoms with Crippen LogP contribution < -0.4 is 11.1 Å². The zero-order valence-corrected chi connectivity index (χ0v) is 12.9. The largest absolute Gasteiger partial charge is 0.328 e. The van der Waals surface area contributed by atoms with Crippen LogP contribution >= 0.6 is 12.4 Å². The van der Waals surface area contributed by atoms with E-state index in [1.54, 1.807) is 0 Å². The zero-order valence-electron chi connectivity index (χ0n) is 11.2. The van der Waals surface area contributed by atoms with E-state index in [1.165, 1.54) is 0 Å². The van der Waals surface area contributed by atoms with E-state index in [0.29, 0.717) is 12.6 Å². The molecular weight excluding hydrogens is 288 g/mol. The Morgan fingerprint density at radius 1 is 1.26 bits per heavy atom. The van der Waals surface area contributed by atoms with Crippen molar-refractivity contribution in [2.75, 3.05) is 12.3 Å². The standard InChI is InChI=1S/C9H13NO3S.C3H9N.ClH/c11-14(12,13)7-6-10-8-9-4-2-1-3-5-9;1-3(2)4;/h1-5,10H,6-8H2,(H,11,12,13);3H,4H2,1-2H3;1H. The number of hydrogen-bond acceptors (Lipinski definition) is 4. The molecule has 0 atom stereocenters. The van der Waals surface area contributed by atoms with Crippen molar-refractivity contribution < 1.29 is 13.0 Å². The molecule has 0 aliphatic carbocycles. The van der Waals surface area contributed by atoms with Gasteiger partial charge in [-0.05, 0) is 11.6 Å². The fourth-order valence-corrected chi connectivity index (χ4v) is 1.43. The lowest BCUT2D eigenvalue weighted by atomic mass is 10.2. The molecule has 1 rings (SSSR count). The van der Waals surface area contributed by atoms with Gasteiger partial charge in [0.2, 0.25) is 0 Å². The third kappa shape index (κ3) is 17.3. The molecule has 0 amide bonds. The van der Waals surface area contributed by atoms with Crippen molar-refractivity contribution in [3.63, 3.8) is 0 Å². The van der Waals surface area contributed by atoms with E-state index in [2.05, 4.69) is 5.32 Å². The first-order chi connectivity index (χ1) is 8.31. The molecule has 0 unspecified atom stereocenters. The van der Waals surface area contributed by atoms with Crippen LogP contribution in [-0.2, 0) is 16.7 Å². The Kier molecular flexibility index (Phi) is 12.2. The van der Waals surface area contributed by atoms with Crippen LogP contribution in [0.2, 0.25) is 0 Å². The monoisotopic (exact) mass is 310 g/mol. The van der Waals surface area contributed by atoms with E-state index < -0.39 is 10.1 Å². The maximum atomic E-state index is 10.4. The molecule has 0 aromatic heterocycles. The first-order valence-corrected chi connectivity index (χ1v) is 7.37. The number of rotatable bonds is 5. The minimum atomic E-state index is -3.84. The molecule has 19 heavy (non-hydrogen) atoms. The average Bonchev–Trinajstić information content (AvgIpc) is 2.24. The summed E-state index contributed by atoms with van der Waals surface area (Å²) in [5, 5.41) is 2.92. The SMILES string of the molecule is CC(C)N.Cl.O=S(=O)(O)CCNCc1ccccc1. The Bertz CT molecular complexity index is 407. The fraction of sp³-hybridized carbons (Fsp3) is 0.500. The molecule has 0 aliphatic heterocycles. The van der Waals surface area contributed by atoms with Crippen molar-refractivity contribution in [1.82, 2.24) is 5.32 Å². The maximum absolute atomic E-state index is 10.4. The van der Waals surface area contributed by atoms with Crippen molar-refractivity contribution in [1.29, 1.82) is 0 Å². The summed E-state index contributed by atoms with van der Waals surface area (Å²) in [5.41, 5.74) is 6.20. The Hall–Kier alpha value is -0.660. The highest BCUT2D eigenvalue weighted by Gasteiger charge is 2.02. The van der Waals surface area contributed by atoms with E-state index in [-0.39, 0.29) is 24.7 Å². The molecule has 0 fully saturated rings.